The summed E-state index contributed by atoms with van der Waals surface area (Å²) in [6, 6.07) is 4.86. The molecule has 0 fully saturated rings. The Kier molecular flexibility index (Phi) is 5.47. The quantitative estimate of drug-likeness (QED) is 0.762. The Labute approximate surface area is 172 Å². The van der Waals surface area contributed by atoms with E-state index in [1.54, 1.807) is 19.2 Å². The third-order valence-corrected chi connectivity index (χ3v) is 5.50. The van der Waals surface area contributed by atoms with Crippen LogP contribution in [0.4, 0.5) is 0 Å². The molecule has 0 aliphatic carbocycles. The largest absolute Gasteiger partial charge is 0.494 e. The Morgan fingerprint density at radius 1 is 1.21 bits per heavy atom. The van der Waals surface area contributed by atoms with Crippen LogP contribution in [-0.4, -0.2) is 45.1 Å². The number of carbonyl (C=O) groups is 1. The number of hydrazone groups is 1. The minimum absolute atomic E-state index is 0.0258. The van der Waals surface area contributed by atoms with E-state index in [2.05, 4.69) is 5.10 Å². The Hall–Kier alpha value is -3.14. The number of carbonyl (C=O) groups excluding carboxylic acids is 1. The predicted molar refractivity (Wildman–Crippen MR) is 109 cm³/mol. The minimum atomic E-state index is -0.471. The van der Waals surface area contributed by atoms with Crippen LogP contribution < -0.4 is 15.0 Å². The first-order valence-corrected chi connectivity index (χ1v) is 9.20. The van der Waals surface area contributed by atoms with E-state index in [4.69, 9.17) is 21.7 Å². The molecule has 0 spiro atoms. The van der Waals surface area contributed by atoms with Crippen molar-refractivity contribution in [1.82, 2.24) is 14.1 Å². The SMILES string of the molecule is COc1ccc([C@@H]2CC(c3c(O)n(C)c(=S)n(C)c3=O)=NN2C(C)=O)cc1OC. The number of aromatic hydroxyl groups is 1. The normalized spacial score (nSPS) is 16.0. The summed E-state index contributed by atoms with van der Waals surface area (Å²) in [5.74, 6) is 0.501. The van der Waals surface area contributed by atoms with E-state index in [1.165, 1.54) is 42.3 Å². The van der Waals surface area contributed by atoms with Crippen molar-refractivity contribution in [3.63, 3.8) is 0 Å². The number of nitrogens with zero attached hydrogens (tertiary/aromatic N) is 4. The van der Waals surface area contributed by atoms with Crippen molar-refractivity contribution in [3.8, 4) is 17.4 Å². The zero-order valence-corrected chi connectivity index (χ0v) is 17.6. The second kappa shape index (κ2) is 7.70. The zero-order chi connectivity index (χ0) is 21.5. The summed E-state index contributed by atoms with van der Waals surface area (Å²) >= 11 is 5.16. The summed E-state index contributed by atoms with van der Waals surface area (Å²) in [6.45, 7) is 1.39. The summed E-state index contributed by atoms with van der Waals surface area (Å²) in [5, 5.41) is 16.2. The maximum atomic E-state index is 12.8. The maximum absolute atomic E-state index is 12.8. The third kappa shape index (κ3) is 3.39. The number of methoxy groups -OCH3 is 2. The van der Waals surface area contributed by atoms with E-state index in [9.17, 15) is 14.7 Å². The van der Waals surface area contributed by atoms with E-state index in [-0.39, 0.29) is 28.5 Å². The highest BCUT2D eigenvalue weighted by molar-refractivity contribution is 7.71. The molecule has 1 amide bonds. The smallest absolute Gasteiger partial charge is 0.267 e. The van der Waals surface area contributed by atoms with Gasteiger partial charge < -0.3 is 14.6 Å². The summed E-state index contributed by atoms with van der Waals surface area (Å²) in [5.41, 5.74) is 0.625. The first kappa shape index (κ1) is 20.6. The number of ether oxygens (including phenoxy) is 2. The molecule has 1 aliphatic rings. The Morgan fingerprint density at radius 3 is 2.45 bits per heavy atom. The first-order valence-electron chi connectivity index (χ1n) is 8.79. The van der Waals surface area contributed by atoms with E-state index in [0.29, 0.717) is 17.2 Å². The molecule has 0 radical (unpaired) electrons. The van der Waals surface area contributed by atoms with Gasteiger partial charge in [0.2, 0.25) is 11.8 Å². The number of benzene rings is 1. The van der Waals surface area contributed by atoms with Gasteiger partial charge in [-0.15, -0.1) is 0 Å². The molecule has 2 heterocycles. The Bertz CT molecular complexity index is 1130. The Balaban J connectivity index is 2.11. The van der Waals surface area contributed by atoms with E-state index < -0.39 is 11.6 Å². The maximum Gasteiger partial charge on any atom is 0.267 e. The van der Waals surface area contributed by atoms with Crippen molar-refractivity contribution < 1.29 is 19.4 Å². The second-order valence-electron chi connectivity index (χ2n) is 6.65. The zero-order valence-electron chi connectivity index (χ0n) is 16.8. The summed E-state index contributed by atoms with van der Waals surface area (Å²) in [7, 11) is 6.15. The van der Waals surface area contributed by atoms with Crippen molar-refractivity contribution in [2.75, 3.05) is 14.2 Å². The molecule has 1 N–H and O–H groups in total. The molecule has 1 aliphatic heterocycles. The number of aromatic nitrogens is 2. The lowest BCUT2D eigenvalue weighted by atomic mass is 9.98. The fourth-order valence-corrected chi connectivity index (χ4v) is 3.53. The van der Waals surface area contributed by atoms with Gasteiger partial charge in [0.1, 0.15) is 5.56 Å². The molecule has 29 heavy (non-hydrogen) atoms. The lowest BCUT2D eigenvalue weighted by Gasteiger charge is -2.21. The van der Waals surface area contributed by atoms with Gasteiger partial charge in [-0.1, -0.05) is 6.07 Å². The summed E-state index contributed by atoms with van der Waals surface area (Å²) < 4.78 is 13.4. The van der Waals surface area contributed by atoms with Crippen LogP contribution in [-0.2, 0) is 18.9 Å². The van der Waals surface area contributed by atoms with Gasteiger partial charge in [0.05, 0.1) is 26.0 Å². The topological polar surface area (TPSA) is 98.3 Å². The second-order valence-corrected chi connectivity index (χ2v) is 7.01. The molecule has 10 heteroatoms. The highest BCUT2D eigenvalue weighted by Crippen LogP contribution is 2.37. The lowest BCUT2D eigenvalue weighted by molar-refractivity contribution is -0.130. The van der Waals surface area contributed by atoms with Gasteiger partial charge in [-0.25, -0.2) is 5.01 Å². The monoisotopic (exact) mass is 418 g/mol. The summed E-state index contributed by atoms with van der Waals surface area (Å²) in [6.07, 6.45) is 0.245. The Morgan fingerprint density at radius 2 is 1.86 bits per heavy atom. The van der Waals surface area contributed by atoms with Crippen molar-refractivity contribution in [1.29, 1.82) is 0 Å². The molecular formula is C19H22N4O5S. The van der Waals surface area contributed by atoms with Crippen LogP contribution in [0.5, 0.6) is 17.4 Å². The minimum Gasteiger partial charge on any atom is -0.494 e. The average molecular weight is 418 g/mol. The molecular weight excluding hydrogens is 396 g/mol. The molecule has 3 rings (SSSR count). The van der Waals surface area contributed by atoms with Crippen LogP contribution in [0.1, 0.15) is 30.5 Å². The molecule has 1 atom stereocenters. The van der Waals surface area contributed by atoms with Gasteiger partial charge in [0.25, 0.3) is 5.56 Å². The molecule has 1 aromatic heterocycles. The van der Waals surface area contributed by atoms with Crippen LogP contribution >= 0.6 is 12.2 Å². The third-order valence-electron chi connectivity index (χ3n) is 4.95. The number of amides is 1. The van der Waals surface area contributed by atoms with Gasteiger partial charge >= 0.3 is 0 Å². The van der Waals surface area contributed by atoms with Crippen LogP contribution in [0, 0.1) is 4.77 Å². The van der Waals surface area contributed by atoms with E-state index in [0.717, 1.165) is 5.56 Å². The number of hydrogen-bond donors (Lipinski definition) is 1. The highest BCUT2D eigenvalue weighted by atomic mass is 32.1. The number of hydrogen-bond acceptors (Lipinski definition) is 7. The molecule has 0 bridgehead atoms. The standard InChI is InChI=1S/C19H22N4O5S/c1-10(24)23-13(11-6-7-14(27-4)15(8-11)28-5)9-12(20-23)16-17(25)21(2)19(29)22(3)18(16)26/h6-8,13,25H,9H2,1-5H3/t13-/m0/s1. The van der Waals surface area contributed by atoms with E-state index >= 15 is 0 Å². The molecule has 0 unspecified atom stereocenters. The van der Waals surface area contributed by atoms with Crippen molar-refractivity contribution >= 4 is 23.8 Å². The van der Waals surface area contributed by atoms with Crippen LogP contribution in [0.2, 0.25) is 0 Å². The van der Waals surface area contributed by atoms with Gasteiger partial charge in [-0.05, 0) is 29.9 Å². The first-order chi connectivity index (χ1) is 13.7. The van der Waals surface area contributed by atoms with Crippen LogP contribution in [0.15, 0.2) is 28.1 Å². The predicted octanol–water partition coefficient (Wildman–Crippen LogP) is 1.87. The molecule has 9 nitrogen and oxygen atoms in total. The van der Waals surface area contributed by atoms with Crippen molar-refractivity contribution in [2.24, 2.45) is 19.2 Å². The van der Waals surface area contributed by atoms with E-state index in [1.807, 2.05) is 6.07 Å². The average Bonchev–Trinajstić information content (AvgIpc) is 3.15. The van der Waals surface area contributed by atoms with Crippen molar-refractivity contribution in [2.45, 2.75) is 19.4 Å². The van der Waals surface area contributed by atoms with Crippen molar-refractivity contribution in [3.05, 3.63) is 44.5 Å². The molecule has 0 saturated heterocycles. The van der Waals surface area contributed by atoms with Crippen LogP contribution in [0.25, 0.3) is 0 Å². The van der Waals surface area contributed by atoms with Gasteiger partial charge in [-0.3, -0.25) is 18.7 Å². The fourth-order valence-electron chi connectivity index (χ4n) is 3.36. The fraction of sp³-hybridized carbons (Fsp3) is 0.368. The molecule has 1 aromatic carbocycles. The lowest BCUT2D eigenvalue weighted by Crippen LogP contribution is -2.28. The summed E-state index contributed by atoms with van der Waals surface area (Å²) in [4.78, 5) is 25.0. The van der Waals surface area contributed by atoms with Gasteiger partial charge in [-0.2, -0.15) is 5.10 Å². The van der Waals surface area contributed by atoms with Crippen LogP contribution in [0.3, 0.4) is 0 Å². The molecule has 2 aromatic rings. The number of rotatable bonds is 4. The van der Waals surface area contributed by atoms with Gasteiger partial charge in [0, 0.05) is 27.4 Å². The molecule has 154 valence electrons. The van der Waals surface area contributed by atoms with Gasteiger partial charge in [0.15, 0.2) is 16.3 Å². The molecule has 0 saturated carbocycles. The highest BCUT2D eigenvalue weighted by Gasteiger charge is 2.34.